The molecule has 2 N–H and O–H groups in total. The van der Waals surface area contributed by atoms with Gasteiger partial charge in [0.05, 0.1) is 33.3 Å². The van der Waals surface area contributed by atoms with E-state index in [-0.39, 0.29) is 34.0 Å². The number of halogens is 2. The predicted molar refractivity (Wildman–Crippen MR) is 134 cm³/mol. The summed E-state index contributed by atoms with van der Waals surface area (Å²) in [5, 5.41) is 20.6. The van der Waals surface area contributed by atoms with Crippen molar-refractivity contribution >= 4 is 39.1 Å². The predicted octanol–water partition coefficient (Wildman–Crippen LogP) is 2.04. The van der Waals surface area contributed by atoms with Crippen LogP contribution in [0.15, 0.2) is 47.9 Å². The largest absolute Gasteiger partial charge is 0.396 e. The Bertz CT molecular complexity index is 1480. The quantitative estimate of drug-likeness (QED) is 0.444. The van der Waals surface area contributed by atoms with E-state index in [0.29, 0.717) is 17.9 Å². The summed E-state index contributed by atoms with van der Waals surface area (Å²) in [4.78, 5) is 21.6. The number of nitrogens with zero attached hydrogens (tertiary/aromatic N) is 6. The third kappa shape index (κ3) is 5.06. The molecule has 194 valence electrons. The number of carbonyl (C=O) groups excluding carboxylic acids is 1. The van der Waals surface area contributed by atoms with Gasteiger partial charge in [-0.3, -0.25) is 9.10 Å². The smallest absolute Gasteiger partial charge is 0.264 e. The third-order valence-corrected chi connectivity index (χ3v) is 8.86. The standard InChI is InChI=1S/C23H23Cl2N7O4S/c24-17-5-4-15(11-18(17)25)37(35,36)32-8-7-26-23(34)21(32)10-14-13-31(30-29-14)20-3-1-2-19-16(20)12-27-22(28-19)6-9-33/h4-5,7-8,11-13,20-21,33H,1-3,6,9-10H2,(H,26,34)/t20-,21+/m0/s1. The van der Waals surface area contributed by atoms with E-state index in [0.717, 1.165) is 34.8 Å². The van der Waals surface area contributed by atoms with Crippen LogP contribution >= 0.6 is 23.2 Å². The van der Waals surface area contributed by atoms with Crippen LogP contribution < -0.4 is 5.32 Å². The molecule has 1 aromatic carbocycles. The van der Waals surface area contributed by atoms with Crippen molar-refractivity contribution in [2.24, 2.45) is 0 Å². The van der Waals surface area contributed by atoms with Gasteiger partial charge in [0.15, 0.2) is 0 Å². The van der Waals surface area contributed by atoms with Gasteiger partial charge in [-0.05, 0) is 37.5 Å². The monoisotopic (exact) mass is 563 g/mol. The molecule has 0 saturated carbocycles. The molecule has 5 rings (SSSR count). The van der Waals surface area contributed by atoms with Gasteiger partial charge >= 0.3 is 0 Å². The first kappa shape index (κ1) is 25.6. The molecule has 14 heteroatoms. The Balaban J connectivity index is 1.40. The molecule has 0 spiro atoms. The zero-order valence-electron chi connectivity index (χ0n) is 19.5. The summed E-state index contributed by atoms with van der Waals surface area (Å²) in [6.07, 6.45) is 8.97. The number of nitrogens with one attached hydrogen (secondary N) is 1. The number of aliphatic hydroxyl groups excluding tert-OH is 1. The van der Waals surface area contributed by atoms with E-state index in [1.165, 1.54) is 30.6 Å². The first-order valence-corrected chi connectivity index (χ1v) is 13.8. The van der Waals surface area contributed by atoms with Crippen LogP contribution in [0.5, 0.6) is 0 Å². The molecule has 0 saturated heterocycles. The minimum absolute atomic E-state index is 0.00222. The van der Waals surface area contributed by atoms with Crippen LogP contribution in [-0.4, -0.2) is 61.3 Å². The summed E-state index contributed by atoms with van der Waals surface area (Å²) in [6.45, 7) is -0.0175. The molecule has 0 radical (unpaired) electrons. The van der Waals surface area contributed by atoms with Crippen molar-refractivity contribution in [3.63, 3.8) is 0 Å². The number of sulfonamides is 1. The molecule has 0 unspecified atom stereocenters. The molecule has 1 aliphatic carbocycles. The number of carbonyl (C=O) groups is 1. The lowest BCUT2D eigenvalue weighted by atomic mass is 9.92. The maximum atomic E-state index is 13.4. The molecular weight excluding hydrogens is 541 g/mol. The number of fused-ring (bicyclic) bond motifs is 1. The number of aliphatic hydroxyl groups is 1. The summed E-state index contributed by atoms with van der Waals surface area (Å²) in [7, 11) is -4.11. The van der Waals surface area contributed by atoms with Gasteiger partial charge in [-0.25, -0.2) is 23.1 Å². The number of aryl methyl sites for hydroxylation is 1. The molecule has 3 heterocycles. The highest BCUT2D eigenvalue weighted by molar-refractivity contribution is 7.89. The number of amides is 1. The van der Waals surface area contributed by atoms with Crippen molar-refractivity contribution in [2.45, 2.75) is 49.1 Å². The second-order valence-corrected chi connectivity index (χ2v) is 11.4. The van der Waals surface area contributed by atoms with E-state index in [2.05, 4.69) is 25.6 Å². The molecule has 1 aliphatic heterocycles. The number of hydrogen-bond donors (Lipinski definition) is 2. The van der Waals surface area contributed by atoms with Gasteiger partial charge in [0.2, 0.25) is 5.91 Å². The number of aromatic nitrogens is 5. The van der Waals surface area contributed by atoms with Crippen molar-refractivity contribution < 1.29 is 18.3 Å². The van der Waals surface area contributed by atoms with Crippen LogP contribution in [0.3, 0.4) is 0 Å². The Hall–Kier alpha value is -3.06. The van der Waals surface area contributed by atoms with E-state index in [4.69, 9.17) is 23.2 Å². The highest BCUT2D eigenvalue weighted by Gasteiger charge is 2.37. The fourth-order valence-corrected chi connectivity index (χ4v) is 6.35. The van der Waals surface area contributed by atoms with Crippen LogP contribution in [0.25, 0.3) is 0 Å². The molecule has 1 amide bonds. The Morgan fingerprint density at radius 1 is 1.22 bits per heavy atom. The van der Waals surface area contributed by atoms with Crippen molar-refractivity contribution in [1.82, 2.24) is 34.6 Å². The maximum Gasteiger partial charge on any atom is 0.264 e. The first-order chi connectivity index (χ1) is 17.8. The van der Waals surface area contributed by atoms with Crippen molar-refractivity contribution in [3.05, 3.63) is 75.8 Å². The molecule has 0 fully saturated rings. The number of hydrogen-bond acceptors (Lipinski definition) is 8. The third-order valence-electron chi connectivity index (χ3n) is 6.34. The average Bonchev–Trinajstić information content (AvgIpc) is 3.35. The highest BCUT2D eigenvalue weighted by Crippen LogP contribution is 2.32. The fraction of sp³-hybridized carbons (Fsp3) is 0.348. The first-order valence-electron chi connectivity index (χ1n) is 11.6. The zero-order chi connectivity index (χ0) is 26.2. The minimum atomic E-state index is -4.11. The lowest BCUT2D eigenvalue weighted by Gasteiger charge is -2.31. The van der Waals surface area contributed by atoms with Gasteiger partial charge in [-0.1, -0.05) is 28.4 Å². The summed E-state index contributed by atoms with van der Waals surface area (Å²) in [5.74, 6) is 0.106. The van der Waals surface area contributed by atoms with Crippen molar-refractivity contribution in [3.8, 4) is 0 Å². The van der Waals surface area contributed by atoms with Gasteiger partial charge in [0, 0.05) is 48.9 Å². The maximum absolute atomic E-state index is 13.4. The normalized spacial score (nSPS) is 19.5. The summed E-state index contributed by atoms with van der Waals surface area (Å²) in [5.41, 5.74) is 2.31. The molecular formula is C23H23Cl2N7O4S. The average molecular weight is 564 g/mol. The van der Waals surface area contributed by atoms with Gasteiger partial charge in [0.1, 0.15) is 11.9 Å². The van der Waals surface area contributed by atoms with Crippen LogP contribution in [0.1, 0.15) is 41.7 Å². The lowest BCUT2D eigenvalue weighted by molar-refractivity contribution is -0.124. The SMILES string of the molecule is O=C1NC=CN(S(=O)(=O)c2ccc(Cl)c(Cl)c2)[C@@H]1Cc1cn([C@H]2CCCc3nc(CCO)ncc32)nn1. The Morgan fingerprint density at radius 3 is 2.84 bits per heavy atom. The summed E-state index contributed by atoms with van der Waals surface area (Å²) < 4.78 is 29.5. The van der Waals surface area contributed by atoms with E-state index in [1.807, 2.05) is 0 Å². The fourth-order valence-electron chi connectivity index (χ4n) is 4.52. The molecule has 2 aromatic heterocycles. The van der Waals surface area contributed by atoms with Crippen LogP contribution in [-0.2, 0) is 34.1 Å². The number of benzene rings is 1. The van der Waals surface area contributed by atoms with Crippen molar-refractivity contribution in [2.75, 3.05) is 6.61 Å². The minimum Gasteiger partial charge on any atom is -0.396 e. The van der Waals surface area contributed by atoms with Crippen LogP contribution in [0.4, 0.5) is 0 Å². The van der Waals surface area contributed by atoms with Crippen LogP contribution in [0.2, 0.25) is 10.0 Å². The zero-order valence-corrected chi connectivity index (χ0v) is 21.8. The van der Waals surface area contributed by atoms with E-state index in [1.54, 1.807) is 17.1 Å². The highest BCUT2D eigenvalue weighted by atomic mass is 35.5. The summed E-state index contributed by atoms with van der Waals surface area (Å²) >= 11 is 12.0. The van der Waals surface area contributed by atoms with Gasteiger partial charge < -0.3 is 10.4 Å². The second-order valence-electron chi connectivity index (χ2n) is 8.71. The Morgan fingerprint density at radius 2 is 2.05 bits per heavy atom. The van der Waals surface area contributed by atoms with Crippen LogP contribution in [0, 0.1) is 0 Å². The van der Waals surface area contributed by atoms with Gasteiger partial charge in [0.25, 0.3) is 10.0 Å². The molecule has 37 heavy (non-hydrogen) atoms. The Labute approximate surface area is 223 Å². The van der Waals surface area contributed by atoms with E-state index in [9.17, 15) is 18.3 Å². The molecule has 2 aliphatic rings. The van der Waals surface area contributed by atoms with Gasteiger partial charge in [-0.15, -0.1) is 5.10 Å². The molecule has 3 aromatic rings. The molecule has 2 atom stereocenters. The lowest BCUT2D eigenvalue weighted by Crippen LogP contribution is -2.50. The molecule has 0 bridgehead atoms. The van der Waals surface area contributed by atoms with E-state index < -0.39 is 22.0 Å². The van der Waals surface area contributed by atoms with E-state index >= 15 is 0 Å². The second kappa shape index (κ2) is 10.4. The Kier molecular flexibility index (Phi) is 7.17. The van der Waals surface area contributed by atoms with Gasteiger partial charge in [-0.2, -0.15) is 0 Å². The molecule has 11 nitrogen and oxygen atoms in total. The number of rotatable bonds is 7. The van der Waals surface area contributed by atoms with Crippen molar-refractivity contribution in [1.29, 1.82) is 0 Å². The summed E-state index contributed by atoms with van der Waals surface area (Å²) in [6, 6.07) is 2.76. The topological polar surface area (TPSA) is 143 Å².